The van der Waals surface area contributed by atoms with Crippen LogP contribution < -0.4 is 10.6 Å². The maximum absolute atomic E-state index is 12.5. The zero-order valence-corrected chi connectivity index (χ0v) is 19.7. The van der Waals surface area contributed by atoms with Gasteiger partial charge in [0.2, 0.25) is 0 Å². The summed E-state index contributed by atoms with van der Waals surface area (Å²) in [5.74, 6) is -0.296. The van der Waals surface area contributed by atoms with Gasteiger partial charge in [-0.2, -0.15) is 0 Å². The molecule has 7 nitrogen and oxygen atoms in total. The number of nitrogens with zero attached hydrogens (tertiary/aromatic N) is 2. The van der Waals surface area contributed by atoms with E-state index in [1.807, 2.05) is 12.1 Å². The Hall–Kier alpha value is -2.78. The molecule has 0 bridgehead atoms. The zero-order valence-electron chi connectivity index (χ0n) is 18.1. The van der Waals surface area contributed by atoms with Gasteiger partial charge in [-0.1, -0.05) is 38.7 Å². The Labute approximate surface area is 195 Å². The molecule has 0 aromatic carbocycles. The molecule has 0 saturated carbocycles. The van der Waals surface area contributed by atoms with E-state index < -0.39 is 5.97 Å². The van der Waals surface area contributed by atoms with E-state index in [-0.39, 0.29) is 12.3 Å². The second-order valence-electron chi connectivity index (χ2n) is 7.46. The fourth-order valence-electron chi connectivity index (χ4n) is 3.24. The van der Waals surface area contributed by atoms with E-state index in [1.54, 1.807) is 17.6 Å². The first-order chi connectivity index (χ1) is 15.5. The molecule has 0 aliphatic heterocycles. The lowest BCUT2D eigenvalue weighted by atomic mass is 10.1. The molecule has 3 aromatic rings. The molecule has 1 amide bonds. The van der Waals surface area contributed by atoms with Crippen LogP contribution in [0, 0.1) is 0 Å². The summed E-state index contributed by atoms with van der Waals surface area (Å²) in [6.45, 7) is 2.82. The van der Waals surface area contributed by atoms with Gasteiger partial charge in [0.1, 0.15) is 5.82 Å². The van der Waals surface area contributed by atoms with E-state index in [4.69, 9.17) is 5.11 Å². The number of thiophene rings is 1. The molecule has 0 fully saturated rings. The van der Waals surface area contributed by atoms with Crippen LogP contribution in [0.1, 0.15) is 64.8 Å². The van der Waals surface area contributed by atoms with Crippen LogP contribution in [0.15, 0.2) is 35.8 Å². The van der Waals surface area contributed by atoms with Crippen LogP contribution >= 0.6 is 22.7 Å². The largest absolute Gasteiger partial charge is 0.481 e. The Kier molecular flexibility index (Phi) is 9.18. The first kappa shape index (κ1) is 23.9. The third-order valence-corrected chi connectivity index (χ3v) is 6.75. The van der Waals surface area contributed by atoms with Crippen LogP contribution in [0.3, 0.4) is 0 Å². The summed E-state index contributed by atoms with van der Waals surface area (Å²) >= 11 is 2.63. The minimum Gasteiger partial charge on any atom is -0.481 e. The highest BCUT2D eigenvalue weighted by molar-refractivity contribution is 7.15. The lowest BCUT2D eigenvalue weighted by Gasteiger charge is -2.10. The number of hydrogen-bond acceptors (Lipinski definition) is 7. The first-order valence-electron chi connectivity index (χ1n) is 10.8. The molecule has 0 atom stereocenters. The van der Waals surface area contributed by atoms with Gasteiger partial charge >= 0.3 is 5.97 Å². The normalized spacial score (nSPS) is 10.8. The van der Waals surface area contributed by atoms with Crippen molar-refractivity contribution in [1.29, 1.82) is 0 Å². The summed E-state index contributed by atoms with van der Waals surface area (Å²) in [6.07, 6.45) is 8.86. The molecule has 0 radical (unpaired) electrons. The number of carboxylic acids is 1. The Bertz CT molecular complexity index is 1030. The van der Waals surface area contributed by atoms with Crippen molar-refractivity contribution in [2.75, 3.05) is 10.6 Å². The Morgan fingerprint density at radius 3 is 2.78 bits per heavy atom. The fraction of sp³-hybridized carbons (Fsp3) is 0.391. The van der Waals surface area contributed by atoms with Crippen molar-refractivity contribution in [2.45, 2.75) is 58.4 Å². The molecule has 0 unspecified atom stereocenters. The number of unbranched alkanes of at least 4 members (excludes halogenated alkanes) is 4. The summed E-state index contributed by atoms with van der Waals surface area (Å²) < 4.78 is 0. The number of anilines is 2. The van der Waals surface area contributed by atoms with E-state index in [0.29, 0.717) is 22.2 Å². The van der Waals surface area contributed by atoms with Crippen LogP contribution in [0.2, 0.25) is 0 Å². The predicted molar refractivity (Wildman–Crippen MR) is 130 cm³/mol. The van der Waals surface area contributed by atoms with Crippen molar-refractivity contribution in [3.8, 4) is 0 Å². The van der Waals surface area contributed by atoms with Gasteiger partial charge in [-0.3, -0.25) is 14.9 Å². The van der Waals surface area contributed by atoms with Crippen LogP contribution in [-0.2, 0) is 24.2 Å². The fourth-order valence-corrected chi connectivity index (χ4v) is 4.79. The number of nitrogens with one attached hydrogen (secondary N) is 2. The number of amides is 1. The molecule has 170 valence electrons. The molecular formula is C23H28N4O3S2. The highest BCUT2D eigenvalue weighted by Crippen LogP contribution is 2.22. The summed E-state index contributed by atoms with van der Waals surface area (Å²) in [7, 11) is 0. The van der Waals surface area contributed by atoms with Gasteiger partial charge in [-0.25, -0.2) is 9.97 Å². The van der Waals surface area contributed by atoms with E-state index in [9.17, 15) is 9.59 Å². The number of hydrogen-bond donors (Lipinski definition) is 3. The molecule has 32 heavy (non-hydrogen) atoms. The monoisotopic (exact) mass is 472 g/mol. The van der Waals surface area contributed by atoms with E-state index in [2.05, 4.69) is 33.6 Å². The van der Waals surface area contributed by atoms with E-state index in [0.717, 1.165) is 23.5 Å². The SMILES string of the molecule is CCCCCCCc1cccnc1NCc1ccc(C(=O)Nc2nc(CC(=O)O)cs2)s1. The standard InChI is InChI=1S/C23H28N4O3S2/c1-2-3-4-5-6-8-16-9-7-12-24-21(16)25-14-18-10-11-19(32-18)22(30)27-23-26-17(15-31-23)13-20(28)29/h7,9-12,15H,2-6,8,13-14H2,1H3,(H,24,25)(H,28,29)(H,26,27,30). The van der Waals surface area contributed by atoms with Gasteiger partial charge in [-0.05, 0) is 36.6 Å². The lowest BCUT2D eigenvalue weighted by Crippen LogP contribution is -2.10. The molecule has 3 heterocycles. The van der Waals surface area contributed by atoms with Gasteiger partial charge < -0.3 is 10.4 Å². The lowest BCUT2D eigenvalue weighted by molar-refractivity contribution is -0.136. The highest BCUT2D eigenvalue weighted by atomic mass is 32.1. The van der Waals surface area contributed by atoms with Crippen molar-refractivity contribution in [3.05, 3.63) is 56.9 Å². The number of carboxylic acid groups (broad SMARTS) is 1. The van der Waals surface area contributed by atoms with Crippen molar-refractivity contribution in [2.24, 2.45) is 0 Å². The van der Waals surface area contributed by atoms with Crippen molar-refractivity contribution in [1.82, 2.24) is 9.97 Å². The highest BCUT2D eigenvalue weighted by Gasteiger charge is 2.13. The number of carbonyl (C=O) groups is 2. The number of aryl methyl sites for hydroxylation is 1. The first-order valence-corrected chi connectivity index (χ1v) is 12.5. The summed E-state index contributed by atoms with van der Waals surface area (Å²) in [5, 5.41) is 17.0. The smallest absolute Gasteiger partial charge is 0.309 e. The van der Waals surface area contributed by atoms with Crippen LogP contribution in [0.5, 0.6) is 0 Å². The minimum absolute atomic E-state index is 0.157. The minimum atomic E-state index is -0.948. The second kappa shape index (κ2) is 12.3. The molecule has 3 rings (SSSR count). The number of pyridine rings is 1. The maximum Gasteiger partial charge on any atom is 0.309 e. The Morgan fingerprint density at radius 1 is 1.12 bits per heavy atom. The third kappa shape index (κ3) is 7.42. The number of aliphatic carboxylic acids is 1. The molecular weight excluding hydrogens is 444 g/mol. The summed E-state index contributed by atoms with van der Waals surface area (Å²) in [5.41, 5.74) is 1.66. The number of carbonyl (C=O) groups excluding carboxylic acids is 1. The quantitative estimate of drug-likeness (QED) is 0.280. The average Bonchev–Trinajstić information content (AvgIpc) is 3.42. The van der Waals surface area contributed by atoms with Crippen LogP contribution in [0.25, 0.3) is 0 Å². The molecule has 0 aliphatic carbocycles. The number of thiazole rings is 1. The molecule has 3 N–H and O–H groups in total. The number of rotatable bonds is 13. The number of aromatic nitrogens is 2. The van der Waals surface area contributed by atoms with Gasteiger partial charge in [0.15, 0.2) is 5.13 Å². The van der Waals surface area contributed by atoms with Gasteiger partial charge in [0, 0.05) is 16.5 Å². The molecule has 0 spiro atoms. The second-order valence-corrected chi connectivity index (χ2v) is 9.49. The molecule has 0 aliphatic rings. The van der Waals surface area contributed by atoms with Crippen LogP contribution in [0.4, 0.5) is 10.9 Å². The summed E-state index contributed by atoms with van der Waals surface area (Å²) in [6, 6.07) is 7.81. The summed E-state index contributed by atoms with van der Waals surface area (Å²) in [4.78, 5) is 33.5. The average molecular weight is 473 g/mol. The van der Waals surface area contributed by atoms with Gasteiger partial charge in [-0.15, -0.1) is 22.7 Å². The van der Waals surface area contributed by atoms with Gasteiger partial charge in [0.25, 0.3) is 5.91 Å². The maximum atomic E-state index is 12.5. The molecule has 0 saturated heterocycles. The molecule has 9 heteroatoms. The van der Waals surface area contributed by atoms with Crippen LogP contribution in [-0.4, -0.2) is 27.0 Å². The third-order valence-electron chi connectivity index (χ3n) is 4.86. The van der Waals surface area contributed by atoms with Gasteiger partial charge in [0.05, 0.1) is 23.5 Å². The Balaban J connectivity index is 1.51. The predicted octanol–water partition coefficient (Wildman–Crippen LogP) is 5.60. The van der Waals surface area contributed by atoms with E-state index >= 15 is 0 Å². The zero-order chi connectivity index (χ0) is 22.8. The molecule has 3 aromatic heterocycles. The van der Waals surface area contributed by atoms with Crippen molar-refractivity contribution < 1.29 is 14.7 Å². The topological polar surface area (TPSA) is 104 Å². The van der Waals surface area contributed by atoms with Crippen molar-refractivity contribution >= 4 is 45.5 Å². The van der Waals surface area contributed by atoms with E-state index in [1.165, 1.54) is 53.9 Å². The van der Waals surface area contributed by atoms with Crippen molar-refractivity contribution in [3.63, 3.8) is 0 Å². The Morgan fingerprint density at radius 2 is 1.97 bits per heavy atom.